The molecule has 4 aliphatic carbocycles. The van der Waals surface area contributed by atoms with E-state index in [0.717, 1.165) is 0 Å². The van der Waals surface area contributed by atoms with E-state index in [1.807, 2.05) is 0 Å². The van der Waals surface area contributed by atoms with Crippen molar-refractivity contribution < 1.29 is 0 Å². The van der Waals surface area contributed by atoms with Gasteiger partial charge in [0.15, 0.2) is 0 Å². The van der Waals surface area contributed by atoms with Gasteiger partial charge in [-0.2, -0.15) is 0 Å². The monoisotopic (exact) mass is 362 g/mol. The van der Waals surface area contributed by atoms with Crippen LogP contribution in [-0.4, -0.2) is 14.1 Å². The Labute approximate surface area is 135 Å². The standard InChI is InChI=1S/C12H8Cl6/c13-8-9(14)11(16)3-10(8,15)6-4-1-2-5(7(6)11)12(4,17)18/h1-2,4-7H,3H2. The van der Waals surface area contributed by atoms with Crippen LogP contribution in [0.5, 0.6) is 0 Å². The molecular formula is C12H8Cl6. The van der Waals surface area contributed by atoms with Crippen molar-refractivity contribution in [2.45, 2.75) is 20.5 Å². The summed E-state index contributed by atoms with van der Waals surface area (Å²) < 4.78 is -0.839. The van der Waals surface area contributed by atoms with E-state index in [2.05, 4.69) is 12.2 Å². The van der Waals surface area contributed by atoms with Crippen molar-refractivity contribution in [1.29, 1.82) is 0 Å². The fourth-order valence-corrected chi connectivity index (χ4v) is 7.32. The maximum absolute atomic E-state index is 6.74. The number of allylic oxidation sites excluding steroid dienone is 4. The first-order chi connectivity index (χ1) is 8.24. The van der Waals surface area contributed by atoms with Gasteiger partial charge in [-0.1, -0.05) is 35.4 Å². The largest absolute Gasteiger partial charge is 0.131 e. The van der Waals surface area contributed by atoms with Gasteiger partial charge in [0, 0.05) is 11.8 Å². The Balaban J connectivity index is 1.95. The van der Waals surface area contributed by atoms with E-state index in [9.17, 15) is 0 Å². The van der Waals surface area contributed by atoms with Crippen LogP contribution in [0.3, 0.4) is 0 Å². The van der Waals surface area contributed by atoms with E-state index in [-0.39, 0.29) is 23.7 Å². The van der Waals surface area contributed by atoms with E-state index < -0.39 is 14.1 Å². The number of hydrogen-bond acceptors (Lipinski definition) is 0. The Morgan fingerprint density at radius 2 is 1.22 bits per heavy atom. The first kappa shape index (κ1) is 12.9. The van der Waals surface area contributed by atoms with Gasteiger partial charge in [-0.15, -0.1) is 46.4 Å². The van der Waals surface area contributed by atoms with Crippen LogP contribution in [0, 0.1) is 23.7 Å². The summed E-state index contributed by atoms with van der Waals surface area (Å²) in [4.78, 5) is -1.41. The van der Waals surface area contributed by atoms with Gasteiger partial charge in [-0.05, 0) is 18.3 Å². The summed E-state index contributed by atoms with van der Waals surface area (Å²) in [6.07, 6.45) is 4.67. The molecule has 0 aromatic heterocycles. The molecule has 0 aromatic rings. The van der Waals surface area contributed by atoms with E-state index >= 15 is 0 Å². The second-order valence-corrected chi connectivity index (χ2v) is 9.24. The highest BCUT2D eigenvalue weighted by molar-refractivity contribution is 6.52. The molecule has 18 heavy (non-hydrogen) atoms. The van der Waals surface area contributed by atoms with Crippen molar-refractivity contribution in [2.24, 2.45) is 23.7 Å². The molecule has 0 N–H and O–H groups in total. The summed E-state index contributed by atoms with van der Waals surface area (Å²) in [6, 6.07) is 0. The van der Waals surface area contributed by atoms with Crippen molar-refractivity contribution in [3.05, 3.63) is 22.2 Å². The summed E-state index contributed by atoms with van der Waals surface area (Å²) in [7, 11) is 0. The molecule has 0 nitrogen and oxygen atoms in total. The molecule has 4 aliphatic rings. The highest BCUT2D eigenvalue weighted by atomic mass is 35.5. The van der Waals surface area contributed by atoms with Crippen LogP contribution in [-0.2, 0) is 0 Å². The third-order valence-corrected chi connectivity index (χ3v) is 8.57. The molecule has 2 fully saturated rings. The molecule has 0 spiro atoms. The molecular weight excluding hydrogens is 357 g/mol. The van der Waals surface area contributed by atoms with E-state index in [0.29, 0.717) is 16.5 Å². The summed E-state index contributed by atoms with van der Waals surface area (Å²) in [5, 5.41) is 0.958. The van der Waals surface area contributed by atoms with Gasteiger partial charge in [0.05, 0.1) is 19.8 Å². The van der Waals surface area contributed by atoms with Crippen molar-refractivity contribution in [3.8, 4) is 0 Å². The minimum Gasteiger partial charge on any atom is -0.113 e. The summed E-state index contributed by atoms with van der Waals surface area (Å²) in [5.74, 6) is 0.119. The smallest absolute Gasteiger partial charge is 0.113 e. The van der Waals surface area contributed by atoms with Crippen molar-refractivity contribution >= 4 is 69.6 Å². The molecule has 6 atom stereocenters. The molecule has 0 radical (unpaired) electrons. The molecule has 0 heterocycles. The first-order valence-electron chi connectivity index (χ1n) is 5.75. The average Bonchev–Trinajstić information content (AvgIpc) is 2.87. The lowest BCUT2D eigenvalue weighted by Gasteiger charge is -2.37. The quantitative estimate of drug-likeness (QED) is 0.312. The van der Waals surface area contributed by atoms with Crippen molar-refractivity contribution in [2.75, 3.05) is 0 Å². The van der Waals surface area contributed by atoms with Gasteiger partial charge in [0.25, 0.3) is 0 Å². The van der Waals surface area contributed by atoms with Gasteiger partial charge < -0.3 is 0 Å². The molecule has 4 bridgehead atoms. The third kappa shape index (κ3) is 1.10. The van der Waals surface area contributed by atoms with E-state index in [4.69, 9.17) is 69.6 Å². The zero-order valence-electron chi connectivity index (χ0n) is 8.94. The lowest BCUT2D eigenvalue weighted by atomic mass is 9.75. The number of rotatable bonds is 0. The fraction of sp³-hybridized carbons (Fsp3) is 0.667. The summed E-state index contributed by atoms with van der Waals surface area (Å²) >= 11 is 39.1. The van der Waals surface area contributed by atoms with Gasteiger partial charge in [0.2, 0.25) is 0 Å². The molecule has 0 amide bonds. The molecule has 0 aliphatic heterocycles. The van der Waals surface area contributed by atoms with Crippen LogP contribution >= 0.6 is 69.6 Å². The maximum atomic E-state index is 6.74. The summed E-state index contributed by atoms with van der Waals surface area (Å²) in [5.41, 5.74) is 0. The lowest BCUT2D eigenvalue weighted by Crippen LogP contribution is -2.38. The Kier molecular flexibility index (Phi) is 2.40. The predicted molar refractivity (Wildman–Crippen MR) is 78.1 cm³/mol. The van der Waals surface area contributed by atoms with E-state index in [1.54, 1.807) is 0 Å². The van der Waals surface area contributed by atoms with Gasteiger partial charge in [-0.3, -0.25) is 0 Å². The molecule has 98 valence electrons. The zero-order chi connectivity index (χ0) is 13.1. The highest BCUT2D eigenvalue weighted by Gasteiger charge is 2.78. The molecule has 0 aromatic carbocycles. The second-order valence-electron chi connectivity index (χ2n) is 5.69. The van der Waals surface area contributed by atoms with Crippen LogP contribution in [0.4, 0.5) is 0 Å². The second kappa shape index (κ2) is 3.34. The molecule has 2 saturated carbocycles. The van der Waals surface area contributed by atoms with Crippen molar-refractivity contribution in [1.82, 2.24) is 0 Å². The molecule has 6 unspecified atom stereocenters. The lowest BCUT2D eigenvalue weighted by molar-refractivity contribution is 0.305. The van der Waals surface area contributed by atoms with Crippen LogP contribution < -0.4 is 0 Å². The minimum atomic E-state index is -0.839. The summed E-state index contributed by atoms with van der Waals surface area (Å²) in [6.45, 7) is 0. The fourth-order valence-electron chi connectivity index (χ4n) is 4.44. The number of halogens is 6. The van der Waals surface area contributed by atoms with Crippen LogP contribution in [0.2, 0.25) is 0 Å². The number of hydrogen-bond donors (Lipinski definition) is 0. The van der Waals surface area contributed by atoms with Crippen LogP contribution in [0.1, 0.15) is 6.42 Å². The van der Waals surface area contributed by atoms with Crippen LogP contribution in [0.25, 0.3) is 0 Å². The predicted octanol–water partition coefficient (Wildman–Crippen LogP) is 5.27. The maximum Gasteiger partial charge on any atom is 0.131 e. The van der Waals surface area contributed by atoms with Crippen molar-refractivity contribution in [3.63, 3.8) is 0 Å². The van der Waals surface area contributed by atoms with Gasteiger partial charge in [0.1, 0.15) is 4.33 Å². The molecule has 0 saturated heterocycles. The Morgan fingerprint density at radius 3 is 1.61 bits per heavy atom. The minimum absolute atomic E-state index is 0.00697. The average molecular weight is 365 g/mol. The van der Waals surface area contributed by atoms with Crippen LogP contribution in [0.15, 0.2) is 22.2 Å². The topological polar surface area (TPSA) is 0 Å². The number of fused-ring (bicyclic) bond motifs is 9. The Morgan fingerprint density at radius 1 is 0.833 bits per heavy atom. The molecule has 4 rings (SSSR count). The Hall–Kier alpha value is 1.22. The molecule has 6 heteroatoms. The van der Waals surface area contributed by atoms with Gasteiger partial charge in [-0.25, -0.2) is 0 Å². The number of alkyl halides is 4. The first-order valence-corrected chi connectivity index (χ1v) is 8.01. The SMILES string of the molecule is ClC1=C(Cl)C2(Cl)CC1(Cl)C1C2C2C=CC1C2(Cl)Cl. The highest BCUT2D eigenvalue weighted by Crippen LogP contribution is 2.78. The third-order valence-electron chi connectivity index (χ3n) is 5.07. The Bertz CT molecular complexity index is 481. The normalized spacial score (nSPS) is 58.8. The van der Waals surface area contributed by atoms with E-state index in [1.165, 1.54) is 0 Å². The zero-order valence-corrected chi connectivity index (χ0v) is 13.5. The van der Waals surface area contributed by atoms with Gasteiger partial charge >= 0.3 is 0 Å².